The zero-order chi connectivity index (χ0) is 49.9. The van der Waals surface area contributed by atoms with Gasteiger partial charge in [0.25, 0.3) is 0 Å². The smallest absolute Gasteiger partial charge is 0.462 e. The SMILES string of the molecule is CCCCC/C=C\C/C=C\C/C=C\CC(O)C(O)CCCC(=O)OC[C@H](COP(=O)(O)O[C@H]1C(O)C(O)C(O)[C@@H](OP(=O)(O)O)C1O)OC(=O)CCCCCCC/C=C\C/C=C\CCCCC. The van der Waals surface area contributed by atoms with Crippen LogP contribution in [0.25, 0.3) is 0 Å². The van der Waals surface area contributed by atoms with Gasteiger partial charge in [-0.3, -0.25) is 23.2 Å². The average molecular weight is 997 g/mol. The molecule has 0 aromatic heterocycles. The van der Waals surface area contributed by atoms with Crippen LogP contribution in [0.4, 0.5) is 0 Å². The molecular formula is C47H82O18P2. The molecule has 1 rings (SSSR count). The van der Waals surface area contributed by atoms with Crippen LogP contribution in [-0.2, 0) is 41.8 Å². The molecule has 67 heavy (non-hydrogen) atoms. The lowest BCUT2D eigenvalue weighted by Gasteiger charge is -2.43. The van der Waals surface area contributed by atoms with E-state index in [1.807, 2.05) is 12.2 Å². The number of esters is 2. The molecule has 10 atom stereocenters. The third kappa shape index (κ3) is 31.5. The van der Waals surface area contributed by atoms with Crippen molar-refractivity contribution in [2.45, 2.75) is 210 Å². The van der Waals surface area contributed by atoms with Gasteiger partial charge in [-0.1, -0.05) is 120 Å². The van der Waals surface area contributed by atoms with Gasteiger partial charge in [-0.2, -0.15) is 0 Å². The molecule has 0 aliphatic heterocycles. The normalized spacial score (nSPS) is 22.9. The number of aliphatic hydroxyl groups excluding tert-OH is 6. The third-order valence-electron chi connectivity index (χ3n) is 10.8. The quantitative estimate of drug-likeness (QED) is 0.0130. The number of hydrogen-bond acceptors (Lipinski definition) is 15. The molecule has 1 aliphatic rings. The predicted octanol–water partition coefficient (Wildman–Crippen LogP) is 7.00. The van der Waals surface area contributed by atoms with Crippen molar-refractivity contribution in [2.75, 3.05) is 13.2 Å². The van der Waals surface area contributed by atoms with Crippen molar-refractivity contribution < 1.29 is 87.1 Å². The second kappa shape index (κ2) is 37.4. The van der Waals surface area contributed by atoms with Crippen LogP contribution >= 0.6 is 15.6 Å². The van der Waals surface area contributed by atoms with Crippen LogP contribution in [-0.4, -0.2) is 125 Å². The molecule has 0 spiro atoms. The molecule has 1 fully saturated rings. The number of phosphoric acid groups is 2. The van der Waals surface area contributed by atoms with Crippen molar-refractivity contribution >= 4 is 27.6 Å². The lowest BCUT2D eigenvalue weighted by atomic mass is 9.85. The van der Waals surface area contributed by atoms with Crippen LogP contribution in [0.15, 0.2) is 60.8 Å². The first kappa shape index (κ1) is 62.6. The Morgan fingerprint density at radius 3 is 1.57 bits per heavy atom. The molecule has 0 radical (unpaired) electrons. The van der Waals surface area contributed by atoms with E-state index in [-0.39, 0.29) is 32.1 Å². The van der Waals surface area contributed by atoms with Gasteiger partial charge in [0.15, 0.2) is 6.10 Å². The number of hydrogen-bond donors (Lipinski definition) is 9. The van der Waals surface area contributed by atoms with Crippen LogP contribution < -0.4 is 0 Å². The summed E-state index contributed by atoms with van der Waals surface area (Å²) in [4.78, 5) is 54.3. The van der Waals surface area contributed by atoms with Crippen molar-refractivity contribution in [3.8, 4) is 0 Å². The highest BCUT2D eigenvalue weighted by molar-refractivity contribution is 7.47. The second-order valence-corrected chi connectivity index (χ2v) is 19.4. The van der Waals surface area contributed by atoms with E-state index in [2.05, 4.69) is 60.9 Å². The number of phosphoric ester groups is 2. The number of carbonyl (C=O) groups is 2. The Bertz CT molecular complexity index is 1560. The Labute approximate surface area is 397 Å². The van der Waals surface area contributed by atoms with E-state index in [4.69, 9.17) is 18.5 Å². The van der Waals surface area contributed by atoms with Crippen molar-refractivity contribution in [3.05, 3.63) is 60.8 Å². The minimum absolute atomic E-state index is 0.0349. The lowest BCUT2D eigenvalue weighted by molar-refractivity contribution is -0.216. The molecule has 7 unspecified atom stereocenters. The number of ether oxygens (including phenoxy) is 2. The van der Waals surface area contributed by atoms with Gasteiger partial charge in [0.05, 0.1) is 18.8 Å². The zero-order valence-electron chi connectivity index (χ0n) is 39.5. The molecule has 0 bridgehead atoms. The van der Waals surface area contributed by atoms with E-state index in [0.29, 0.717) is 12.8 Å². The van der Waals surface area contributed by atoms with Crippen LogP contribution in [0.1, 0.15) is 155 Å². The third-order valence-corrected chi connectivity index (χ3v) is 12.3. The van der Waals surface area contributed by atoms with Crippen LogP contribution in [0.3, 0.4) is 0 Å². The van der Waals surface area contributed by atoms with Gasteiger partial charge >= 0.3 is 27.6 Å². The molecule has 0 heterocycles. The van der Waals surface area contributed by atoms with Crippen LogP contribution in [0, 0.1) is 0 Å². The predicted molar refractivity (Wildman–Crippen MR) is 253 cm³/mol. The Balaban J connectivity index is 2.71. The molecule has 1 aliphatic carbocycles. The van der Waals surface area contributed by atoms with Gasteiger partial charge in [-0.25, -0.2) is 9.13 Å². The number of allylic oxidation sites excluding steroid dienone is 9. The topological polar surface area (TPSA) is 296 Å². The summed E-state index contributed by atoms with van der Waals surface area (Å²) in [6.45, 7) is 2.78. The molecule has 9 N–H and O–H groups in total. The Kier molecular flexibility index (Phi) is 35.0. The fraction of sp³-hybridized carbons (Fsp3) is 0.745. The van der Waals surface area contributed by atoms with Gasteiger partial charge in [-0.05, 0) is 83.5 Å². The summed E-state index contributed by atoms with van der Waals surface area (Å²) in [5.41, 5.74) is 0. The van der Waals surface area contributed by atoms with E-state index >= 15 is 0 Å². The first-order chi connectivity index (χ1) is 31.9. The van der Waals surface area contributed by atoms with E-state index in [9.17, 15) is 64.0 Å². The number of rotatable bonds is 39. The van der Waals surface area contributed by atoms with Gasteiger partial charge in [0.2, 0.25) is 0 Å². The lowest BCUT2D eigenvalue weighted by Crippen LogP contribution is -2.64. The van der Waals surface area contributed by atoms with Gasteiger partial charge in [-0.15, -0.1) is 0 Å². The van der Waals surface area contributed by atoms with Crippen molar-refractivity contribution in [3.63, 3.8) is 0 Å². The molecule has 0 saturated heterocycles. The number of unbranched alkanes of at least 4 members (excludes halogenated alkanes) is 11. The molecule has 0 amide bonds. The van der Waals surface area contributed by atoms with E-state index in [0.717, 1.165) is 57.8 Å². The maximum absolute atomic E-state index is 13.0. The summed E-state index contributed by atoms with van der Waals surface area (Å²) >= 11 is 0. The highest BCUT2D eigenvalue weighted by atomic mass is 31.2. The summed E-state index contributed by atoms with van der Waals surface area (Å²) in [6.07, 6.45) is 20.4. The molecule has 388 valence electrons. The second-order valence-electron chi connectivity index (χ2n) is 16.8. The first-order valence-corrected chi connectivity index (χ1v) is 27.0. The van der Waals surface area contributed by atoms with E-state index in [1.54, 1.807) is 6.08 Å². The van der Waals surface area contributed by atoms with Gasteiger partial charge in [0, 0.05) is 12.8 Å². The maximum Gasteiger partial charge on any atom is 0.472 e. The summed E-state index contributed by atoms with van der Waals surface area (Å²) in [5, 5.41) is 62.0. The molecule has 0 aromatic carbocycles. The monoisotopic (exact) mass is 996 g/mol. The standard InChI is InChI=1S/C47H82O18P2/c1-3-5-7-9-11-13-15-17-18-19-21-23-25-27-29-33-41(51)63-37(36-62-67(59,60)65-47-44(54)42(52)43(53)46(45(47)55)64-66(56,57)58)35-61-40(50)34-30-32-39(49)38(48)31-28-26-24-22-20-16-14-12-10-8-6-4-2/h11-14,17-18,20,22,26,28,37-39,42-49,52-55H,3-10,15-16,19,21,23-25,27,29-36H2,1-2H3,(H,59,60)(H2,56,57,58)/b13-11-,14-12-,18-17-,22-20-,28-26-/t37-,38?,39?,42?,43?,44?,45?,46-,47+/m1/s1. The fourth-order valence-electron chi connectivity index (χ4n) is 6.86. The van der Waals surface area contributed by atoms with Crippen LogP contribution in [0.2, 0.25) is 0 Å². The maximum atomic E-state index is 13.0. The van der Waals surface area contributed by atoms with Crippen molar-refractivity contribution in [2.24, 2.45) is 0 Å². The molecular weight excluding hydrogens is 914 g/mol. The highest BCUT2D eigenvalue weighted by Crippen LogP contribution is 2.49. The van der Waals surface area contributed by atoms with Crippen molar-refractivity contribution in [1.82, 2.24) is 0 Å². The summed E-state index contributed by atoms with van der Waals surface area (Å²) in [6, 6.07) is 0. The summed E-state index contributed by atoms with van der Waals surface area (Å²) in [7, 11) is -10.8. The first-order valence-electron chi connectivity index (χ1n) is 24.0. The Hall–Kier alpha value is -2.38. The number of aliphatic hydroxyl groups is 6. The molecule has 18 nitrogen and oxygen atoms in total. The number of carbonyl (C=O) groups excluding carboxylic acids is 2. The van der Waals surface area contributed by atoms with E-state index in [1.165, 1.54) is 38.5 Å². The Morgan fingerprint density at radius 1 is 0.537 bits per heavy atom. The van der Waals surface area contributed by atoms with Crippen molar-refractivity contribution in [1.29, 1.82) is 0 Å². The van der Waals surface area contributed by atoms with Gasteiger partial charge < -0.3 is 54.8 Å². The van der Waals surface area contributed by atoms with E-state index < -0.39 is 95.7 Å². The van der Waals surface area contributed by atoms with Crippen LogP contribution in [0.5, 0.6) is 0 Å². The highest BCUT2D eigenvalue weighted by Gasteiger charge is 2.54. The minimum atomic E-state index is -5.40. The fourth-order valence-corrected chi connectivity index (χ4v) is 8.40. The average Bonchev–Trinajstić information content (AvgIpc) is 3.28. The van der Waals surface area contributed by atoms with Gasteiger partial charge in [0.1, 0.15) is 43.2 Å². The summed E-state index contributed by atoms with van der Waals surface area (Å²) in [5.74, 6) is -1.51. The molecule has 20 heteroatoms. The minimum Gasteiger partial charge on any atom is -0.462 e. The largest absolute Gasteiger partial charge is 0.472 e. The zero-order valence-corrected chi connectivity index (χ0v) is 41.3. The Morgan fingerprint density at radius 2 is 1.01 bits per heavy atom. The summed E-state index contributed by atoms with van der Waals surface area (Å²) < 4.78 is 49.2. The molecule has 1 saturated carbocycles. The molecule has 0 aromatic rings.